The van der Waals surface area contributed by atoms with Gasteiger partial charge in [-0.15, -0.1) is 0 Å². The highest BCUT2D eigenvalue weighted by Crippen LogP contribution is 2.26. The highest BCUT2D eigenvalue weighted by atomic mass is 32.2. The lowest BCUT2D eigenvalue weighted by molar-refractivity contribution is -0.135. The van der Waals surface area contributed by atoms with Gasteiger partial charge in [0.25, 0.3) is 0 Å². The Hall–Kier alpha value is -2.91. The first-order valence-electron chi connectivity index (χ1n) is 10.1. The van der Waals surface area contributed by atoms with Gasteiger partial charge in [-0.25, -0.2) is 13.2 Å². The standard InChI is InChI=1S/C22H27N3O5S/c1-24(15-17-7-4-3-5-8-17)21(26)18-9-6-14-25(16-18)31(28,29)20-12-10-19(11-13-20)23-22(27)30-2/h3-5,7-8,10-13,18H,6,9,14-16H2,1-2H3,(H,23,27)/t18-/m1/s1. The van der Waals surface area contributed by atoms with Crippen molar-refractivity contribution in [1.82, 2.24) is 9.21 Å². The molecule has 31 heavy (non-hydrogen) atoms. The van der Waals surface area contributed by atoms with Gasteiger partial charge in [-0.05, 0) is 42.7 Å². The van der Waals surface area contributed by atoms with Crippen molar-refractivity contribution in [3.8, 4) is 0 Å². The Balaban J connectivity index is 1.67. The largest absolute Gasteiger partial charge is 0.453 e. The zero-order valence-corrected chi connectivity index (χ0v) is 18.5. The van der Waals surface area contributed by atoms with E-state index in [2.05, 4.69) is 10.1 Å². The van der Waals surface area contributed by atoms with E-state index in [0.717, 1.165) is 5.56 Å². The zero-order chi connectivity index (χ0) is 22.4. The molecule has 166 valence electrons. The molecule has 1 aliphatic rings. The minimum absolute atomic E-state index is 0.0543. The number of nitrogens with zero attached hydrogens (tertiary/aromatic N) is 2. The van der Waals surface area contributed by atoms with Crippen molar-refractivity contribution in [3.63, 3.8) is 0 Å². The number of methoxy groups -OCH3 is 1. The molecule has 1 heterocycles. The molecule has 1 atom stereocenters. The first-order valence-corrected chi connectivity index (χ1v) is 11.5. The van der Waals surface area contributed by atoms with Crippen LogP contribution in [0.2, 0.25) is 0 Å². The van der Waals surface area contributed by atoms with Gasteiger partial charge in [-0.3, -0.25) is 10.1 Å². The Bertz CT molecular complexity index is 1010. The van der Waals surface area contributed by atoms with Crippen LogP contribution in [0, 0.1) is 5.92 Å². The molecule has 0 radical (unpaired) electrons. The number of amides is 2. The van der Waals surface area contributed by atoms with E-state index in [-0.39, 0.29) is 23.3 Å². The molecule has 0 saturated carbocycles. The second kappa shape index (κ2) is 9.93. The summed E-state index contributed by atoms with van der Waals surface area (Å²) in [5.41, 5.74) is 1.46. The predicted molar refractivity (Wildman–Crippen MR) is 117 cm³/mol. The summed E-state index contributed by atoms with van der Waals surface area (Å²) in [6.07, 6.45) is 0.649. The Labute approximate surface area is 182 Å². The Kier molecular flexibility index (Phi) is 7.29. The topological polar surface area (TPSA) is 96.0 Å². The van der Waals surface area contributed by atoms with Gasteiger partial charge >= 0.3 is 6.09 Å². The van der Waals surface area contributed by atoms with E-state index in [4.69, 9.17) is 0 Å². The molecule has 3 rings (SSSR count). The maximum atomic E-state index is 13.1. The van der Waals surface area contributed by atoms with E-state index in [1.165, 1.54) is 35.7 Å². The summed E-state index contributed by atoms with van der Waals surface area (Å²) < 4.78 is 32.1. The number of carbonyl (C=O) groups is 2. The second-order valence-electron chi connectivity index (χ2n) is 7.52. The Morgan fingerprint density at radius 2 is 1.81 bits per heavy atom. The normalized spacial score (nSPS) is 17.0. The van der Waals surface area contributed by atoms with Crippen LogP contribution in [0.3, 0.4) is 0 Å². The molecule has 2 amide bonds. The minimum Gasteiger partial charge on any atom is -0.453 e. The van der Waals surface area contributed by atoms with Gasteiger partial charge in [-0.1, -0.05) is 30.3 Å². The molecule has 0 aliphatic carbocycles. The van der Waals surface area contributed by atoms with Crippen LogP contribution in [-0.4, -0.2) is 56.9 Å². The maximum Gasteiger partial charge on any atom is 0.411 e. The van der Waals surface area contributed by atoms with Crippen molar-refractivity contribution >= 4 is 27.7 Å². The van der Waals surface area contributed by atoms with E-state index in [9.17, 15) is 18.0 Å². The molecular weight excluding hydrogens is 418 g/mol. The first kappa shape index (κ1) is 22.8. The van der Waals surface area contributed by atoms with Crippen LogP contribution in [0.15, 0.2) is 59.5 Å². The molecule has 2 aromatic carbocycles. The molecule has 1 fully saturated rings. The molecule has 0 bridgehead atoms. The SMILES string of the molecule is COC(=O)Nc1ccc(S(=O)(=O)N2CCC[C@@H](C(=O)N(C)Cc3ccccc3)C2)cc1. The highest BCUT2D eigenvalue weighted by molar-refractivity contribution is 7.89. The maximum absolute atomic E-state index is 13.1. The van der Waals surface area contributed by atoms with Crippen molar-refractivity contribution < 1.29 is 22.7 Å². The Morgan fingerprint density at radius 3 is 2.45 bits per heavy atom. The molecule has 2 aromatic rings. The van der Waals surface area contributed by atoms with E-state index in [1.54, 1.807) is 11.9 Å². The van der Waals surface area contributed by atoms with Gasteiger partial charge in [0.1, 0.15) is 0 Å². The summed E-state index contributed by atoms with van der Waals surface area (Å²) in [5.74, 6) is -0.432. The first-order chi connectivity index (χ1) is 14.8. The summed E-state index contributed by atoms with van der Waals surface area (Å²) in [6, 6.07) is 15.6. The zero-order valence-electron chi connectivity index (χ0n) is 17.7. The van der Waals surface area contributed by atoms with E-state index < -0.39 is 16.1 Å². The van der Waals surface area contributed by atoms with Gasteiger partial charge in [0.2, 0.25) is 15.9 Å². The van der Waals surface area contributed by atoms with Crippen LogP contribution in [0.5, 0.6) is 0 Å². The smallest absolute Gasteiger partial charge is 0.411 e. The number of nitrogens with one attached hydrogen (secondary N) is 1. The molecule has 1 saturated heterocycles. The number of rotatable bonds is 6. The van der Waals surface area contributed by atoms with Gasteiger partial charge in [0.15, 0.2) is 0 Å². The number of anilines is 1. The summed E-state index contributed by atoms with van der Waals surface area (Å²) >= 11 is 0. The lowest BCUT2D eigenvalue weighted by Gasteiger charge is -2.33. The van der Waals surface area contributed by atoms with Gasteiger partial charge < -0.3 is 9.64 Å². The number of carbonyl (C=O) groups excluding carboxylic acids is 2. The molecular formula is C22H27N3O5S. The highest BCUT2D eigenvalue weighted by Gasteiger charge is 2.34. The number of hydrogen-bond acceptors (Lipinski definition) is 5. The van der Waals surface area contributed by atoms with E-state index in [0.29, 0.717) is 31.6 Å². The van der Waals surface area contributed by atoms with Gasteiger partial charge in [-0.2, -0.15) is 4.31 Å². The average Bonchev–Trinajstić information content (AvgIpc) is 2.79. The molecule has 0 spiro atoms. The van der Waals surface area contributed by atoms with Crippen molar-refractivity contribution in [2.75, 3.05) is 32.6 Å². The van der Waals surface area contributed by atoms with E-state index in [1.807, 2.05) is 30.3 Å². The van der Waals surface area contributed by atoms with Gasteiger partial charge in [0, 0.05) is 32.4 Å². The van der Waals surface area contributed by atoms with Crippen LogP contribution in [0.1, 0.15) is 18.4 Å². The molecule has 8 nitrogen and oxygen atoms in total. The second-order valence-corrected chi connectivity index (χ2v) is 9.46. The molecule has 1 aliphatic heterocycles. The number of hydrogen-bond donors (Lipinski definition) is 1. The van der Waals surface area contributed by atoms with Crippen LogP contribution in [0.4, 0.5) is 10.5 Å². The minimum atomic E-state index is -3.75. The summed E-state index contributed by atoms with van der Waals surface area (Å²) in [4.78, 5) is 26.0. The van der Waals surface area contributed by atoms with Crippen LogP contribution in [-0.2, 0) is 26.1 Å². The van der Waals surface area contributed by atoms with Crippen LogP contribution < -0.4 is 5.32 Å². The summed E-state index contributed by atoms with van der Waals surface area (Å²) in [7, 11) is -0.750. The molecule has 0 aromatic heterocycles. The fourth-order valence-electron chi connectivity index (χ4n) is 3.64. The van der Waals surface area contributed by atoms with Crippen molar-refractivity contribution in [2.24, 2.45) is 5.92 Å². The summed E-state index contributed by atoms with van der Waals surface area (Å²) in [6.45, 7) is 1.01. The quantitative estimate of drug-likeness (QED) is 0.738. The molecule has 1 N–H and O–H groups in total. The number of sulfonamides is 1. The monoisotopic (exact) mass is 445 g/mol. The fourth-order valence-corrected chi connectivity index (χ4v) is 5.16. The van der Waals surface area contributed by atoms with Crippen molar-refractivity contribution in [3.05, 3.63) is 60.2 Å². The van der Waals surface area contributed by atoms with Crippen LogP contribution >= 0.6 is 0 Å². The number of benzene rings is 2. The number of piperidine rings is 1. The third kappa shape index (κ3) is 5.62. The van der Waals surface area contributed by atoms with Crippen molar-refractivity contribution in [2.45, 2.75) is 24.3 Å². The Morgan fingerprint density at radius 1 is 1.13 bits per heavy atom. The third-order valence-electron chi connectivity index (χ3n) is 5.30. The fraction of sp³-hybridized carbons (Fsp3) is 0.364. The molecule has 0 unspecified atom stereocenters. The predicted octanol–water partition coefficient (Wildman–Crippen LogP) is 2.92. The average molecular weight is 446 g/mol. The lowest BCUT2D eigenvalue weighted by atomic mass is 9.98. The lowest BCUT2D eigenvalue weighted by Crippen LogP contribution is -2.45. The summed E-state index contributed by atoms with van der Waals surface area (Å²) in [5, 5.41) is 2.48. The van der Waals surface area contributed by atoms with Crippen LogP contribution in [0.25, 0.3) is 0 Å². The molecule has 9 heteroatoms. The van der Waals surface area contributed by atoms with Gasteiger partial charge in [0.05, 0.1) is 17.9 Å². The number of ether oxygens (including phenoxy) is 1. The van der Waals surface area contributed by atoms with E-state index >= 15 is 0 Å². The third-order valence-corrected chi connectivity index (χ3v) is 7.18. The van der Waals surface area contributed by atoms with Crippen molar-refractivity contribution in [1.29, 1.82) is 0 Å².